The van der Waals surface area contributed by atoms with Crippen molar-refractivity contribution in [2.75, 3.05) is 25.2 Å². The molecule has 10 heteroatoms. The van der Waals surface area contributed by atoms with Gasteiger partial charge in [-0.2, -0.15) is 5.10 Å². The van der Waals surface area contributed by atoms with Crippen LogP contribution in [0.1, 0.15) is 59.4 Å². The van der Waals surface area contributed by atoms with Gasteiger partial charge in [0.05, 0.1) is 31.3 Å². The number of carbonyl (C=O) groups excluding carboxylic acids is 1. The highest BCUT2D eigenvalue weighted by atomic mass is 32.2. The van der Waals surface area contributed by atoms with E-state index >= 15 is 0 Å². The summed E-state index contributed by atoms with van der Waals surface area (Å²) < 4.78 is 36.3. The Morgan fingerprint density at radius 2 is 2.00 bits per heavy atom. The molecule has 1 fully saturated rings. The lowest BCUT2D eigenvalue weighted by Gasteiger charge is -2.31. The Balaban J connectivity index is 1.65. The molecular weight excluding hydrogens is 494 g/mol. The van der Waals surface area contributed by atoms with E-state index in [-0.39, 0.29) is 23.2 Å². The van der Waals surface area contributed by atoms with E-state index in [9.17, 15) is 18.3 Å². The van der Waals surface area contributed by atoms with Crippen LogP contribution in [-0.2, 0) is 9.84 Å². The van der Waals surface area contributed by atoms with Crippen LogP contribution in [0.5, 0.6) is 17.2 Å². The Morgan fingerprint density at radius 3 is 2.70 bits per heavy atom. The molecule has 0 aliphatic carbocycles. The third kappa shape index (κ3) is 4.54. The minimum atomic E-state index is -3.24. The van der Waals surface area contributed by atoms with Crippen LogP contribution < -0.4 is 9.47 Å². The smallest absolute Gasteiger partial charge is 0.273 e. The first-order valence-corrected chi connectivity index (χ1v) is 14.3. The molecule has 0 bridgehead atoms. The first-order chi connectivity index (χ1) is 17.7. The SMILES string of the molecule is CCCCOc1ccc(C2c3c(-c4cc(C)ccc4O)n[nH]c3C(=O)N2C2CCS(=O)(=O)C2)cc1OC. The topological polar surface area (TPSA) is 122 Å². The van der Waals surface area contributed by atoms with E-state index in [2.05, 4.69) is 17.1 Å². The molecule has 9 nitrogen and oxygen atoms in total. The maximum absolute atomic E-state index is 13.7. The van der Waals surface area contributed by atoms with Crippen LogP contribution in [-0.4, -0.2) is 65.8 Å². The summed E-state index contributed by atoms with van der Waals surface area (Å²) in [6.07, 6.45) is 2.28. The minimum absolute atomic E-state index is 0.0411. The number of sulfone groups is 1. The molecule has 2 aliphatic heterocycles. The van der Waals surface area contributed by atoms with Crippen molar-refractivity contribution in [1.29, 1.82) is 0 Å². The zero-order chi connectivity index (χ0) is 26.3. The average molecular weight is 526 g/mol. The molecule has 1 saturated heterocycles. The number of aromatic nitrogens is 2. The maximum atomic E-state index is 13.7. The molecule has 2 aromatic carbocycles. The number of fused-ring (bicyclic) bond motifs is 1. The van der Waals surface area contributed by atoms with Crippen LogP contribution in [0.2, 0.25) is 0 Å². The van der Waals surface area contributed by atoms with Gasteiger partial charge in [-0.25, -0.2) is 8.42 Å². The summed E-state index contributed by atoms with van der Waals surface area (Å²) in [5.74, 6) is 0.813. The Hall–Kier alpha value is -3.53. The second kappa shape index (κ2) is 9.74. The molecule has 37 heavy (non-hydrogen) atoms. The Bertz CT molecular complexity index is 1450. The number of nitrogens with zero attached hydrogens (tertiary/aromatic N) is 2. The maximum Gasteiger partial charge on any atom is 0.273 e. The summed E-state index contributed by atoms with van der Waals surface area (Å²) in [6.45, 7) is 4.56. The predicted octanol–water partition coefficient (Wildman–Crippen LogP) is 4.01. The van der Waals surface area contributed by atoms with Crippen molar-refractivity contribution in [3.63, 3.8) is 0 Å². The highest BCUT2D eigenvalue weighted by molar-refractivity contribution is 7.91. The molecule has 1 amide bonds. The molecule has 0 saturated carbocycles. The van der Waals surface area contributed by atoms with Crippen LogP contribution in [0.25, 0.3) is 11.3 Å². The third-order valence-corrected chi connectivity index (χ3v) is 8.82. The van der Waals surface area contributed by atoms with Gasteiger partial charge in [0.2, 0.25) is 0 Å². The van der Waals surface area contributed by atoms with Gasteiger partial charge >= 0.3 is 0 Å². The zero-order valence-corrected chi connectivity index (χ0v) is 22.0. The number of rotatable bonds is 8. The van der Waals surface area contributed by atoms with Crippen molar-refractivity contribution in [1.82, 2.24) is 15.1 Å². The van der Waals surface area contributed by atoms with Gasteiger partial charge in [0, 0.05) is 17.2 Å². The Morgan fingerprint density at radius 1 is 1.19 bits per heavy atom. The average Bonchev–Trinajstić information content (AvgIpc) is 3.54. The number of phenols is 1. The van der Waals surface area contributed by atoms with Gasteiger partial charge in [-0.15, -0.1) is 0 Å². The molecule has 1 aromatic heterocycles. The number of hydrogen-bond donors (Lipinski definition) is 2. The van der Waals surface area contributed by atoms with Crippen molar-refractivity contribution in [3.05, 3.63) is 58.8 Å². The summed E-state index contributed by atoms with van der Waals surface area (Å²) >= 11 is 0. The molecule has 2 N–H and O–H groups in total. The number of ether oxygens (including phenoxy) is 2. The molecule has 2 unspecified atom stereocenters. The van der Waals surface area contributed by atoms with Crippen LogP contribution in [0, 0.1) is 6.92 Å². The number of benzene rings is 2. The van der Waals surface area contributed by atoms with E-state index in [1.165, 1.54) is 0 Å². The highest BCUT2D eigenvalue weighted by Crippen LogP contribution is 2.47. The van der Waals surface area contributed by atoms with Crippen LogP contribution in [0.3, 0.4) is 0 Å². The lowest BCUT2D eigenvalue weighted by atomic mass is 9.94. The molecule has 3 heterocycles. The Labute approximate surface area is 216 Å². The van der Waals surface area contributed by atoms with Gasteiger partial charge in [-0.05, 0) is 49.6 Å². The van der Waals surface area contributed by atoms with E-state index in [0.717, 1.165) is 24.0 Å². The van der Waals surface area contributed by atoms with E-state index in [1.54, 1.807) is 24.1 Å². The van der Waals surface area contributed by atoms with Crippen molar-refractivity contribution >= 4 is 15.7 Å². The molecular formula is C27H31N3O6S. The fraction of sp³-hybridized carbons (Fsp3) is 0.407. The van der Waals surface area contributed by atoms with Crippen LogP contribution in [0.15, 0.2) is 36.4 Å². The van der Waals surface area contributed by atoms with Gasteiger partial charge in [0.1, 0.15) is 17.1 Å². The second-order valence-electron chi connectivity index (χ2n) is 9.67. The summed E-state index contributed by atoms with van der Waals surface area (Å²) in [5.41, 5.74) is 3.54. The van der Waals surface area contributed by atoms with Gasteiger partial charge < -0.3 is 19.5 Å². The van der Waals surface area contributed by atoms with E-state index in [1.807, 2.05) is 31.2 Å². The number of nitrogens with one attached hydrogen (secondary N) is 1. The van der Waals surface area contributed by atoms with Gasteiger partial charge in [-0.3, -0.25) is 9.89 Å². The summed E-state index contributed by atoms with van der Waals surface area (Å²) in [6, 6.07) is 9.65. The zero-order valence-electron chi connectivity index (χ0n) is 21.2. The molecule has 196 valence electrons. The van der Waals surface area contributed by atoms with E-state index in [4.69, 9.17) is 9.47 Å². The lowest BCUT2D eigenvalue weighted by Crippen LogP contribution is -2.40. The van der Waals surface area contributed by atoms with E-state index < -0.39 is 21.9 Å². The number of aryl methyl sites for hydroxylation is 1. The molecule has 0 spiro atoms. The molecule has 5 rings (SSSR count). The van der Waals surface area contributed by atoms with Gasteiger partial charge in [-0.1, -0.05) is 31.0 Å². The number of aromatic hydroxyl groups is 1. The number of phenolic OH excluding ortho intramolecular Hbond substituents is 1. The molecule has 3 aromatic rings. The number of hydrogen-bond acceptors (Lipinski definition) is 7. The largest absolute Gasteiger partial charge is 0.507 e. The highest BCUT2D eigenvalue weighted by Gasteiger charge is 2.48. The fourth-order valence-corrected chi connectivity index (χ4v) is 6.92. The number of amides is 1. The summed E-state index contributed by atoms with van der Waals surface area (Å²) in [5, 5.41) is 18.0. The Kier molecular flexibility index (Phi) is 6.61. The first-order valence-electron chi connectivity index (χ1n) is 12.5. The van der Waals surface area contributed by atoms with Crippen molar-refractivity contribution in [2.45, 2.75) is 45.2 Å². The standard InChI is InChI=1S/C27H31N3O6S/c1-4-5-11-36-21-9-7-17(14-22(21)35-3)26-23-24(19-13-16(2)6-8-20(19)31)28-29-25(23)27(32)30(26)18-10-12-37(33,34)15-18/h6-9,13-14,18,26,31H,4-5,10-12,15H2,1-3H3,(H,28,29). The van der Waals surface area contributed by atoms with Crippen LogP contribution >= 0.6 is 0 Å². The predicted molar refractivity (Wildman–Crippen MR) is 139 cm³/mol. The molecule has 2 atom stereocenters. The number of carbonyl (C=O) groups is 1. The summed E-state index contributed by atoms with van der Waals surface area (Å²) in [4.78, 5) is 15.4. The van der Waals surface area contributed by atoms with Crippen molar-refractivity contribution < 1.29 is 27.8 Å². The number of unbranched alkanes of at least 4 members (excludes halogenated alkanes) is 1. The van der Waals surface area contributed by atoms with Crippen molar-refractivity contribution in [2.24, 2.45) is 0 Å². The monoisotopic (exact) mass is 525 g/mol. The first kappa shape index (κ1) is 25.1. The van der Waals surface area contributed by atoms with Crippen LogP contribution in [0.4, 0.5) is 0 Å². The van der Waals surface area contributed by atoms with E-state index in [0.29, 0.717) is 47.0 Å². The lowest BCUT2D eigenvalue weighted by molar-refractivity contribution is 0.0677. The van der Waals surface area contributed by atoms with Crippen molar-refractivity contribution in [3.8, 4) is 28.5 Å². The molecule has 0 radical (unpaired) electrons. The minimum Gasteiger partial charge on any atom is -0.507 e. The number of methoxy groups -OCH3 is 1. The quantitative estimate of drug-likeness (QED) is 0.426. The number of aromatic amines is 1. The van der Waals surface area contributed by atoms with Gasteiger partial charge in [0.25, 0.3) is 5.91 Å². The normalized spacial score (nSPS) is 20.3. The number of H-pyrrole nitrogens is 1. The molecule has 2 aliphatic rings. The summed E-state index contributed by atoms with van der Waals surface area (Å²) in [7, 11) is -1.68. The van der Waals surface area contributed by atoms with Gasteiger partial charge in [0.15, 0.2) is 21.3 Å². The fourth-order valence-electron chi connectivity index (χ4n) is 5.21. The third-order valence-electron chi connectivity index (χ3n) is 7.07. The second-order valence-corrected chi connectivity index (χ2v) is 11.9.